The lowest BCUT2D eigenvalue weighted by molar-refractivity contribution is 0.310. The van der Waals surface area contributed by atoms with Crippen molar-refractivity contribution in [2.75, 3.05) is 35.0 Å². The SMILES string of the molecule is COc1ccc(/C=C\c2cc(OC)c(OC)c(OC)c2)cc1OCC[SiH](C)C. The first kappa shape index (κ1) is 21.7. The second-order valence-electron chi connectivity index (χ2n) is 6.73. The van der Waals surface area contributed by atoms with Crippen LogP contribution in [-0.2, 0) is 0 Å². The highest BCUT2D eigenvalue weighted by atomic mass is 28.3. The Morgan fingerprint density at radius 2 is 1.29 bits per heavy atom. The van der Waals surface area contributed by atoms with Crippen LogP contribution in [0.25, 0.3) is 12.2 Å². The Bertz CT molecular complexity index is 777. The molecule has 0 spiro atoms. The van der Waals surface area contributed by atoms with Crippen LogP contribution in [0.3, 0.4) is 0 Å². The fraction of sp³-hybridized carbons (Fsp3) is 0.364. The second kappa shape index (κ2) is 10.7. The normalized spacial score (nSPS) is 11.0. The molecule has 0 aliphatic rings. The number of methoxy groups -OCH3 is 4. The van der Waals surface area contributed by atoms with E-state index in [0.717, 1.165) is 35.3 Å². The molecule has 0 atom stereocenters. The van der Waals surface area contributed by atoms with Crippen LogP contribution in [0.15, 0.2) is 30.3 Å². The molecule has 0 aromatic heterocycles. The Labute approximate surface area is 169 Å². The lowest BCUT2D eigenvalue weighted by Gasteiger charge is -2.13. The van der Waals surface area contributed by atoms with E-state index in [4.69, 9.17) is 23.7 Å². The van der Waals surface area contributed by atoms with Crippen molar-refractivity contribution in [1.82, 2.24) is 0 Å². The van der Waals surface area contributed by atoms with Gasteiger partial charge in [0.2, 0.25) is 5.75 Å². The largest absolute Gasteiger partial charge is 0.493 e. The van der Waals surface area contributed by atoms with Gasteiger partial charge < -0.3 is 23.7 Å². The monoisotopic (exact) mass is 402 g/mol. The molecule has 28 heavy (non-hydrogen) atoms. The van der Waals surface area contributed by atoms with Gasteiger partial charge in [-0.25, -0.2) is 0 Å². The van der Waals surface area contributed by atoms with Crippen LogP contribution in [0, 0.1) is 0 Å². The van der Waals surface area contributed by atoms with Crippen molar-refractivity contribution in [2.24, 2.45) is 0 Å². The third kappa shape index (κ3) is 5.69. The van der Waals surface area contributed by atoms with E-state index in [1.165, 1.54) is 0 Å². The van der Waals surface area contributed by atoms with Crippen molar-refractivity contribution >= 4 is 20.9 Å². The van der Waals surface area contributed by atoms with Crippen LogP contribution in [0.1, 0.15) is 11.1 Å². The Balaban J connectivity index is 2.26. The molecule has 0 aliphatic heterocycles. The van der Waals surface area contributed by atoms with Gasteiger partial charge in [0.05, 0.1) is 35.0 Å². The van der Waals surface area contributed by atoms with Crippen molar-refractivity contribution in [2.45, 2.75) is 19.1 Å². The van der Waals surface area contributed by atoms with Gasteiger partial charge >= 0.3 is 0 Å². The van der Waals surface area contributed by atoms with Crippen LogP contribution >= 0.6 is 0 Å². The van der Waals surface area contributed by atoms with Crippen molar-refractivity contribution in [3.05, 3.63) is 41.5 Å². The summed E-state index contributed by atoms with van der Waals surface area (Å²) in [4.78, 5) is 0. The van der Waals surface area contributed by atoms with Gasteiger partial charge in [-0.2, -0.15) is 0 Å². The van der Waals surface area contributed by atoms with Crippen LogP contribution < -0.4 is 23.7 Å². The summed E-state index contributed by atoms with van der Waals surface area (Å²) in [5.41, 5.74) is 1.96. The summed E-state index contributed by atoms with van der Waals surface area (Å²) in [6.07, 6.45) is 4.02. The zero-order chi connectivity index (χ0) is 20.5. The molecule has 0 amide bonds. The van der Waals surface area contributed by atoms with E-state index in [0.29, 0.717) is 17.2 Å². The molecular weight excluding hydrogens is 372 g/mol. The van der Waals surface area contributed by atoms with E-state index < -0.39 is 8.80 Å². The molecular formula is C22H30O5Si. The van der Waals surface area contributed by atoms with Crippen LogP contribution in [-0.4, -0.2) is 43.8 Å². The summed E-state index contributed by atoms with van der Waals surface area (Å²) in [7, 11) is 5.83. The molecule has 0 unspecified atom stereocenters. The Morgan fingerprint density at radius 3 is 1.82 bits per heavy atom. The first-order valence-corrected chi connectivity index (χ1v) is 12.4. The minimum atomic E-state index is -0.640. The molecule has 2 aromatic carbocycles. The molecule has 0 saturated carbocycles. The molecule has 152 valence electrons. The lowest BCUT2D eigenvalue weighted by Crippen LogP contribution is -2.07. The standard InChI is InChI=1S/C22H30O5Si/c1-23-18-10-9-16(13-19(18)27-11-12-28(5)6)7-8-17-14-20(24-2)22(26-4)21(15-17)25-3/h7-10,13-15,28H,11-12H2,1-6H3/b8-7-. The van der Waals surface area contributed by atoms with Crippen LogP contribution in [0.5, 0.6) is 28.7 Å². The summed E-state index contributed by atoms with van der Waals surface area (Å²) >= 11 is 0. The Hall–Kier alpha value is -2.60. The average Bonchev–Trinajstić information content (AvgIpc) is 2.71. The molecule has 0 bridgehead atoms. The molecule has 2 aromatic rings. The molecule has 0 heterocycles. The summed E-state index contributed by atoms with van der Waals surface area (Å²) < 4.78 is 27.6. The number of hydrogen-bond donors (Lipinski definition) is 0. The van der Waals surface area contributed by atoms with Gasteiger partial charge in [0.15, 0.2) is 23.0 Å². The van der Waals surface area contributed by atoms with Gasteiger partial charge in [-0.3, -0.25) is 0 Å². The number of benzene rings is 2. The van der Waals surface area contributed by atoms with E-state index in [9.17, 15) is 0 Å². The molecule has 0 radical (unpaired) electrons. The molecule has 2 rings (SSSR count). The predicted octanol–water partition coefficient (Wildman–Crippen LogP) is 4.76. The third-order valence-corrected chi connectivity index (χ3v) is 5.69. The highest BCUT2D eigenvalue weighted by molar-refractivity contribution is 6.55. The molecule has 6 heteroatoms. The fourth-order valence-corrected chi connectivity index (χ4v) is 3.29. The minimum absolute atomic E-state index is 0.580. The van der Waals surface area contributed by atoms with Crippen LogP contribution in [0.4, 0.5) is 0 Å². The maximum absolute atomic E-state index is 5.95. The average molecular weight is 403 g/mol. The molecule has 0 saturated heterocycles. The quantitative estimate of drug-likeness (QED) is 0.424. The van der Waals surface area contributed by atoms with Gasteiger partial charge in [0, 0.05) is 8.80 Å². The van der Waals surface area contributed by atoms with Crippen LogP contribution in [0.2, 0.25) is 19.1 Å². The first-order chi connectivity index (χ1) is 13.5. The van der Waals surface area contributed by atoms with Gasteiger partial charge in [-0.1, -0.05) is 31.3 Å². The van der Waals surface area contributed by atoms with E-state index in [-0.39, 0.29) is 0 Å². The summed E-state index contributed by atoms with van der Waals surface area (Å²) in [5, 5.41) is 0. The summed E-state index contributed by atoms with van der Waals surface area (Å²) in [5.74, 6) is 3.34. The van der Waals surface area contributed by atoms with E-state index >= 15 is 0 Å². The Kier molecular flexibility index (Phi) is 8.26. The van der Waals surface area contributed by atoms with Gasteiger partial charge in [0.25, 0.3) is 0 Å². The maximum Gasteiger partial charge on any atom is 0.203 e. The highest BCUT2D eigenvalue weighted by Crippen LogP contribution is 2.38. The minimum Gasteiger partial charge on any atom is -0.493 e. The lowest BCUT2D eigenvalue weighted by atomic mass is 10.1. The van der Waals surface area contributed by atoms with Crippen molar-refractivity contribution in [1.29, 1.82) is 0 Å². The molecule has 5 nitrogen and oxygen atoms in total. The zero-order valence-electron chi connectivity index (χ0n) is 17.6. The zero-order valence-corrected chi connectivity index (χ0v) is 18.7. The molecule has 0 aliphatic carbocycles. The van der Waals surface area contributed by atoms with E-state index in [1.807, 2.05) is 42.5 Å². The van der Waals surface area contributed by atoms with Crippen molar-refractivity contribution in [3.63, 3.8) is 0 Å². The summed E-state index contributed by atoms with van der Waals surface area (Å²) in [6, 6.07) is 10.9. The van der Waals surface area contributed by atoms with E-state index in [2.05, 4.69) is 13.1 Å². The van der Waals surface area contributed by atoms with E-state index in [1.54, 1.807) is 28.4 Å². The number of hydrogen-bond acceptors (Lipinski definition) is 5. The first-order valence-electron chi connectivity index (χ1n) is 9.31. The third-order valence-electron chi connectivity index (χ3n) is 4.30. The molecule has 0 fully saturated rings. The van der Waals surface area contributed by atoms with Gasteiger partial charge in [0.1, 0.15) is 0 Å². The number of rotatable bonds is 10. The highest BCUT2D eigenvalue weighted by Gasteiger charge is 2.12. The number of ether oxygens (including phenoxy) is 5. The van der Waals surface area contributed by atoms with Gasteiger partial charge in [-0.15, -0.1) is 0 Å². The van der Waals surface area contributed by atoms with Crippen molar-refractivity contribution in [3.8, 4) is 28.7 Å². The second-order valence-corrected chi connectivity index (χ2v) is 10.1. The summed E-state index contributed by atoms with van der Waals surface area (Å²) in [6.45, 7) is 5.36. The smallest absolute Gasteiger partial charge is 0.203 e. The predicted molar refractivity (Wildman–Crippen MR) is 117 cm³/mol. The van der Waals surface area contributed by atoms with Crippen molar-refractivity contribution < 1.29 is 23.7 Å². The fourth-order valence-electron chi connectivity index (χ4n) is 2.70. The Morgan fingerprint density at radius 1 is 0.714 bits per heavy atom. The topological polar surface area (TPSA) is 46.2 Å². The molecule has 0 N–H and O–H groups in total. The maximum atomic E-state index is 5.95. The van der Waals surface area contributed by atoms with Gasteiger partial charge in [-0.05, 0) is 41.4 Å².